The lowest BCUT2D eigenvalue weighted by Gasteiger charge is -2.29. The monoisotopic (exact) mass is 300 g/mol. The Bertz CT molecular complexity index is 576. The van der Waals surface area contributed by atoms with Gasteiger partial charge < -0.3 is 10.2 Å². The van der Waals surface area contributed by atoms with Crippen LogP contribution in [0.2, 0.25) is 0 Å². The summed E-state index contributed by atoms with van der Waals surface area (Å²) in [6, 6.07) is 5.94. The van der Waals surface area contributed by atoms with Crippen molar-refractivity contribution in [3.63, 3.8) is 0 Å². The second-order valence-corrected chi connectivity index (χ2v) is 6.32. The van der Waals surface area contributed by atoms with E-state index in [0.717, 1.165) is 62.0 Å². The van der Waals surface area contributed by atoms with Gasteiger partial charge >= 0.3 is 0 Å². The first kappa shape index (κ1) is 15.1. The second-order valence-electron chi connectivity index (χ2n) is 6.32. The molecule has 4 nitrogen and oxygen atoms in total. The minimum Gasteiger partial charge on any atom is -0.326 e. The minimum atomic E-state index is 0.148. The van der Waals surface area contributed by atoms with E-state index in [1.165, 1.54) is 0 Å². The second kappa shape index (κ2) is 6.51. The molecule has 3 rings (SSSR count). The van der Waals surface area contributed by atoms with Crippen molar-refractivity contribution in [2.45, 2.75) is 51.9 Å². The highest BCUT2D eigenvalue weighted by molar-refractivity contribution is 5.96. The number of carbonyl (C=O) groups excluding carboxylic acids is 2. The van der Waals surface area contributed by atoms with Crippen LogP contribution in [0, 0.1) is 5.92 Å². The van der Waals surface area contributed by atoms with Crippen molar-refractivity contribution < 1.29 is 9.59 Å². The van der Waals surface area contributed by atoms with Crippen LogP contribution in [0.4, 0.5) is 11.4 Å². The molecule has 22 heavy (non-hydrogen) atoms. The van der Waals surface area contributed by atoms with Crippen molar-refractivity contribution >= 4 is 23.2 Å². The van der Waals surface area contributed by atoms with Crippen molar-refractivity contribution in [1.29, 1.82) is 0 Å². The summed E-state index contributed by atoms with van der Waals surface area (Å²) in [5, 5.41) is 3.05. The number of nitrogens with zero attached hydrogens (tertiary/aromatic N) is 1. The average molecular weight is 300 g/mol. The van der Waals surface area contributed by atoms with Crippen LogP contribution < -0.4 is 10.2 Å². The normalized spacial score (nSPS) is 18.1. The zero-order chi connectivity index (χ0) is 15.5. The first-order chi connectivity index (χ1) is 10.7. The molecule has 0 bridgehead atoms. The molecule has 1 N–H and O–H groups in total. The van der Waals surface area contributed by atoms with Crippen molar-refractivity contribution in [2.75, 3.05) is 16.8 Å². The van der Waals surface area contributed by atoms with E-state index in [2.05, 4.69) is 5.32 Å². The summed E-state index contributed by atoms with van der Waals surface area (Å²) in [7, 11) is 0. The van der Waals surface area contributed by atoms with Gasteiger partial charge in [0, 0.05) is 30.3 Å². The lowest BCUT2D eigenvalue weighted by molar-refractivity contribution is -0.120. The van der Waals surface area contributed by atoms with Gasteiger partial charge in [-0.05, 0) is 49.4 Å². The SMILES string of the molecule is CCC(=O)N1CCCc2cc(NC(=O)C3CCCC3)ccc21. The van der Waals surface area contributed by atoms with Crippen molar-refractivity contribution in [3.05, 3.63) is 23.8 Å². The molecular weight excluding hydrogens is 276 g/mol. The van der Waals surface area contributed by atoms with Crippen molar-refractivity contribution in [2.24, 2.45) is 5.92 Å². The van der Waals surface area contributed by atoms with Crippen LogP contribution in [0.5, 0.6) is 0 Å². The van der Waals surface area contributed by atoms with Gasteiger partial charge in [-0.3, -0.25) is 9.59 Å². The van der Waals surface area contributed by atoms with Gasteiger partial charge in [0.1, 0.15) is 0 Å². The van der Waals surface area contributed by atoms with E-state index in [1.54, 1.807) is 0 Å². The number of fused-ring (bicyclic) bond motifs is 1. The van der Waals surface area contributed by atoms with E-state index in [1.807, 2.05) is 30.0 Å². The number of anilines is 2. The van der Waals surface area contributed by atoms with Gasteiger partial charge in [0.15, 0.2) is 0 Å². The number of aryl methyl sites for hydroxylation is 1. The molecule has 1 aliphatic heterocycles. The Kier molecular flexibility index (Phi) is 4.46. The molecule has 0 unspecified atom stereocenters. The molecule has 1 heterocycles. The zero-order valence-electron chi connectivity index (χ0n) is 13.2. The van der Waals surface area contributed by atoms with E-state index in [-0.39, 0.29) is 17.7 Å². The standard InChI is InChI=1S/C18H24N2O2/c1-2-17(21)20-11-5-8-14-12-15(9-10-16(14)20)19-18(22)13-6-3-4-7-13/h9-10,12-13H,2-8,11H2,1H3,(H,19,22). The molecule has 2 aliphatic rings. The number of amides is 2. The van der Waals surface area contributed by atoms with Crippen LogP contribution in [0.3, 0.4) is 0 Å². The molecule has 1 aromatic rings. The fourth-order valence-corrected chi connectivity index (χ4v) is 3.56. The highest BCUT2D eigenvalue weighted by Gasteiger charge is 2.24. The van der Waals surface area contributed by atoms with Crippen LogP contribution in [-0.4, -0.2) is 18.4 Å². The first-order valence-electron chi connectivity index (χ1n) is 8.43. The summed E-state index contributed by atoms with van der Waals surface area (Å²) >= 11 is 0. The average Bonchev–Trinajstić information content (AvgIpc) is 3.08. The Morgan fingerprint density at radius 1 is 1.23 bits per heavy atom. The molecule has 0 radical (unpaired) electrons. The lowest BCUT2D eigenvalue weighted by atomic mass is 10.00. The summed E-state index contributed by atoms with van der Waals surface area (Å²) in [5.41, 5.74) is 3.04. The fraction of sp³-hybridized carbons (Fsp3) is 0.556. The molecule has 0 atom stereocenters. The molecule has 1 aromatic carbocycles. The number of hydrogen-bond donors (Lipinski definition) is 1. The van der Waals surface area contributed by atoms with E-state index in [9.17, 15) is 9.59 Å². The topological polar surface area (TPSA) is 49.4 Å². The van der Waals surface area contributed by atoms with Crippen LogP contribution in [-0.2, 0) is 16.0 Å². The largest absolute Gasteiger partial charge is 0.326 e. The molecule has 1 aliphatic carbocycles. The van der Waals surface area contributed by atoms with Gasteiger partial charge in [-0.25, -0.2) is 0 Å². The molecule has 118 valence electrons. The number of rotatable bonds is 3. The Labute approximate surface area is 131 Å². The Morgan fingerprint density at radius 3 is 2.73 bits per heavy atom. The summed E-state index contributed by atoms with van der Waals surface area (Å²) < 4.78 is 0. The highest BCUT2D eigenvalue weighted by Crippen LogP contribution is 2.31. The maximum Gasteiger partial charge on any atom is 0.227 e. The zero-order valence-corrected chi connectivity index (χ0v) is 13.2. The Balaban J connectivity index is 1.75. The van der Waals surface area contributed by atoms with E-state index >= 15 is 0 Å². The Hall–Kier alpha value is -1.84. The number of carbonyl (C=O) groups is 2. The summed E-state index contributed by atoms with van der Waals surface area (Å²) in [4.78, 5) is 26.1. The summed E-state index contributed by atoms with van der Waals surface area (Å²) in [6.07, 6.45) is 6.83. The van der Waals surface area contributed by atoms with Crippen LogP contribution >= 0.6 is 0 Å². The summed E-state index contributed by atoms with van der Waals surface area (Å²) in [6.45, 7) is 2.69. The smallest absolute Gasteiger partial charge is 0.227 e. The maximum atomic E-state index is 12.2. The fourth-order valence-electron chi connectivity index (χ4n) is 3.56. The molecule has 4 heteroatoms. The molecule has 0 spiro atoms. The number of hydrogen-bond acceptors (Lipinski definition) is 2. The van der Waals surface area contributed by atoms with Gasteiger partial charge in [0.25, 0.3) is 0 Å². The number of benzene rings is 1. The van der Waals surface area contributed by atoms with Gasteiger partial charge in [0.05, 0.1) is 0 Å². The van der Waals surface area contributed by atoms with Crippen molar-refractivity contribution in [1.82, 2.24) is 0 Å². The third-order valence-electron chi connectivity index (χ3n) is 4.80. The van der Waals surface area contributed by atoms with Gasteiger partial charge in [0.2, 0.25) is 11.8 Å². The van der Waals surface area contributed by atoms with E-state index in [0.29, 0.717) is 6.42 Å². The molecule has 2 amide bonds. The van der Waals surface area contributed by atoms with Crippen LogP contribution in [0.25, 0.3) is 0 Å². The van der Waals surface area contributed by atoms with E-state index in [4.69, 9.17) is 0 Å². The Morgan fingerprint density at radius 2 is 2.00 bits per heavy atom. The maximum absolute atomic E-state index is 12.2. The predicted octanol–water partition coefficient (Wildman–Crippen LogP) is 3.50. The van der Waals surface area contributed by atoms with E-state index < -0.39 is 0 Å². The molecule has 0 aromatic heterocycles. The third kappa shape index (κ3) is 3.01. The highest BCUT2D eigenvalue weighted by atomic mass is 16.2. The predicted molar refractivity (Wildman–Crippen MR) is 88.0 cm³/mol. The van der Waals surface area contributed by atoms with Gasteiger partial charge in [-0.15, -0.1) is 0 Å². The first-order valence-corrected chi connectivity index (χ1v) is 8.43. The lowest BCUT2D eigenvalue weighted by Crippen LogP contribution is -2.34. The minimum absolute atomic E-state index is 0.148. The molecule has 1 saturated carbocycles. The van der Waals surface area contributed by atoms with Crippen LogP contribution in [0.15, 0.2) is 18.2 Å². The summed E-state index contributed by atoms with van der Waals surface area (Å²) in [5.74, 6) is 0.493. The molecular formula is C18H24N2O2. The third-order valence-corrected chi connectivity index (χ3v) is 4.80. The van der Waals surface area contributed by atoms with Gasteiger partial charge in [-0.2, -0.15) is 0 Å². The quantitative estimate of drug-likeness (QED) is 0.928. The molecule has 0 saturated heterocycles. The molecule has 1 fully saturated rings. The van der Waals surface area contributed by atoms with Gasteiger partial charge in [-0.1, -0.05) is 19.8 Å². The van der Waals surface area contributed by atoms with Crippen LogP contribution in [0.1, 0.15) is 51.0 Å². The number of nitrogens with one attached hydrogen (secondary N) is 1. The van der Waals surface area contributed by atoms with Crippen molar-refractivity contribution in [3.8, 4) is 0 Å².